The van der Waals surface area contributed by atoms with Gasteiger partial charge in [0, 0.05) is 22.4 Å². The summed E-state index contributed by atoms with van der Waals surface area (Å²) in [5, 5.41) is 0.598. The van der Waals surface area contributed by atoms with E-state index in [0.717, 1.165) is 21.2 Å². The fourth-order valence-electron chi connectivity index (χ4n) is 3.04. The van der Waals surface area contributed by atoms with Gasteiger partial charge in [-0.25, -0.2) is 4.98 Å². The highest BCUT2D eigenvalue weighted by Crippen LogP contribution is 2.24. The van der Waals surface area contributed by atoms with E-state index in [0.29, 0.717) is 23.3 Å². The van der Waals surface area contributed by atoms with Gasteiger partial charge in [-0.2, -0.15) is 0 Å². The average Bonchev–Trinajstić information content (AvgIpc) is 2.66. The Bertz CT molecular complexity index is 1150. The smallest absolute Gasteiger partial charge is 0.262 e. The number of aryl methyl sites for hydroxylation is 1. The Balaban J connectivity index is 2.02. The van der Waals surface area contributed by atoms with Gasteiger partial charge in [-0.15, -0.1) is 0 Å². The van der Waals surface area contributed by atoms with E-state index in [9.17, 15) is 4.79 Å². The Morgan fingerprint density at radius 2 is 1.92 bits per heavy atom. The first-order valence-electron chi connectivity index (χ1n) is 8.28. The van der Waals surface area contributed by atoms with Crippen LogP contribution >= 0.6 is 15.9 Å². The summed E-state index contributed by atoms with van der Waals surface area (Å²) in [5.74, 6) is 0.673. The number of nitrogens with zero attached hydrogens (tertiary/aromatic N) is 3. The predicted octanol–water partition coefficient (Wildman–Crippen LogP) is 4.58. The van der Waals surface area contributed by atoms with Gasteiger partial charge in [-0.1, -0.05) is 46.3 Å². The molecular weight excluding hydrogens is 390 g/mol. The van der Waals surface area contributed by atoms with E-state index in [2.05, 4.69) is 20.9 Å². The van der Waals surface area contributed by atoms with Crippen molar-refractivity contribution >= 4 is 26.8 Å². The van der Waals surface area contributed by atoms with E-state index in [1.807, 2.05) is 61.5 Å². The van der Waals surface area contributed by atoms with Gasteiger partial charge in [0.25, 0.3) is 5.56 Å². The molecule has 2 aromatic heterocycles. The van der Waals surface area contributed by atoms with E-state index in [1.165, 1.54) is 0 Å². The number of rotatable bonds is 3. The first-order chi connectivity index (χ1) is 12.6. The van der Waals surface area contributed by atoms with Crippen molar-refractivity contribution in [2.24, 2.45) is 0 Å². The molecule has 4 rings (SSSR count). The highest BCUT2D eigenvalue weighted by Gasteiger charge is 2.15. The molecule has 4 nitrogen and oxygen atoms in total. The van der Waals surface area contributed by atoms with Gasteiger partial charge in [-0.3, -0.25) is 14.3 Å². The van der Waals surface area contributed by atoms with Gasteiger partial charge < -0.3 is 0 Å². The van der Waals surface area contributed by atoms with Crippen LogP contribution in [0.2, 0.25) is 0 Å². The quantitative estimate of drug-likeness (QED) is 0.501. The molecule has 0 spiro atoms. The van der Waals surface area contributed by atoms with Crippen molar-refractivity contribution in [1.29, 1.82) is 0 Å². The van der Waals surface area contributed by atoms with Crippen LogP contribution < -0.4 is 5.56 Å². The lowest BCUT2D eigenvalue weighted by molar-refractivity contribution is 0.755. The van der Waals surface area contributed by atoms with Crippen LogP contribution in [-0.4, -0.2) is 14.5 Å². The lowest BCUT2D eigenvalue weighted by Gasteiger charge is -2.15. The molecule has 0 aliphatic rings. The molecule has 0 unspecified atom stereocenters. The highest BCUT2D eigenvalue weighted by molar-refractivity contribution is 9.10. The maximum absolute atomic E-state index is 13.3. The number of pyridine rings is 1. The molecule has 0 saturated carbocycles. The molecule has 0 atom stereocenters. The Labute approximate surface area is 159 Å². The zero-order valence-corrected chi connectivity index (χ0v) is 15.8. The molecule has 0 saturated heterocycles. The number of fused-ring (bicyclic) bond motifs is 1. The summed E-state index contributed by atoms with van der Waals surface area (Å²) < 4.78 is 2.59. The molecule has 0 fully saturated rings. The minimum Gasteiger partial charge on any atom is -0.288 e. The highest BCUT2D eigenvalue weighted by atomic mass is 79.9. The van der Waals surface area contributed by atoms with Crippen molar-refractivity contribution < 1.29 is 0 Å². The molecule has 0 N–H and O–H groups in total. The van der Waals surface area contributed by atoms with Crippen molar-refractivity contribution in [3.8, 4) is 11.4 Å². The first-order valence-corrected chi connectivity index (χ1v) is 9.08. The van der Waals surface area contributed by atoms with E-state index in [-0.39, 0.29) is 5.56 Å². The molecule has 128 valence electrons. The normalized spacial score (nSPS) is 11.0. The molecule has 5 heteroatoms. The molecular formula is C21H16BrN3O. The molecule has 0 bridgehead atoms. The van der Waals surface area contributed by atoms with E-state index < -0.39 is 0 Å². The van der Waals surface area contributed by atoms with Gasteiger partial charge >= 0.3 is 0 Å². The van der Waals surface area contributed by atoms with Crippen LogP contribution in [0.15, 0.2) is 76.3 Å². The van der Waals surface area contributed by atoms with Crippen LogP contribution in [0.1, 0.15) is 11.1 Å². The third-order valence-electron chi connectivity index (χ3n) is 4.37. The molecule has 0 aliphatic carbocycles. The lowest BCUT2D eigenvalue weighted by Crippen LogP contribution is -2.24. The Morgan fingerprint density at radius 1 is 1.08 bits per heavy atom. The molecule has 0 aliphatic heterocycles. The van der Waals surface area contributed by atoms with Crippen LogP contribution in [0.5, 0.6) is 0 Å². The number of hydrogen-bond donors (Lipinski definition) is 0. The second kappa shape index (κ2) is 6.84. The largest absolute Gasteiger partial charge is 0.288 e. The third kappa shape index (κ3) is 3.06. The van der Waals surface area contributed by atoms with Crippen LogP contribution in [0, 0.1) is 6.92 Å². The minimum absolute atomic E-state index is 0.0570. The zero-order valence-electron chi connectivity index (χ0n) is 14.2. The number of aromatic nitrogens is 3. The van der Waals surface area contributed by atoms with Crippen molar-refractivity contribution in [2.75, 3.05) is 0 Å². The van der Waals surface area contributed by atoms with Crippen molar-refractivity contribution in [2.45, 2.75) is 13.5 Å². The van der Waals surface area contributed by atoms with Crippen LogP contribution in [0.3, 0.4) is 0 Å². The van der Waals surface area contributed by atoms with Crippen LogP contribution in [0.4, 0.5) is 0 Å². The molecule has 2 aromatic carbocycles. The number of benzene rings is 2. The summed E-state index contributed by atoms with van der Waals surface area (Å²) in [4.78, 5) is 22.3. The number of halogens is 1. The Hall–Kier alpha value is -2.79. The Morgan fingerprint density at radius 3 is 2.69 bits per heavy atom. The molecule has 26 heavy (non-hydrogen) atoms. The third-order valence-corrected chi connectivity index (χ3v) is 4.86. The van der Waals surface area contributed by atoms with Gasteiger partial charge in [0.1, 0.15) is 5.82 Å². The minimum atomic E-state index is -0.0570. The van der Waals surface area contributed by atoms with Gasteiger partial charge in [0.15, 0.2) is 0 Å². The summed E-state index contributed by atoms with van der Waals surface area (Å²) >= 11 is 3.45. The summed E-state index contributed by atoms with van der Waals surface area (Å²) in [5.41, 5.74) is 3.63. The second-order valence-electron chi connectivity index (χ2n) is 6.16. The van der Waals surface area contributed by atoms with Crippen molar-refractivity contribution in [1.82, 2.24) is 14.5 Å². The summed E-state index contributed by atoms with van der Waals surface area (Å²) in [6.45, 7) is 2.45. The average molecular weight is 406 g/mol. The molecule has 0 radical (unpaired) electrons. The van der Waals surface area contributed by atoms with E-state index in [1.54, 1.807) is 17.0 Å². The fraction of sp³-hybridized carbons (Fsp3) is 0.0952. The summed E-state index contributed by atoms with van der Waals surface area (Å²) in [7, 11) is 0. The van der Waals surface area contributed by atoms with Crippen molar-refractivity contribution in [3.63, 3.8) is 0 Å². The standard InChI is InChI=1S/C21H16BrN3O/c1-14-5-2-3-7-17(14)20-24-19-9-8-16(22)11-18(19)21(26)25(20)13-15-6-4-10-23-12-15/h2-12H,13H2,1H3. The lowest BCUT2D eigenvalue weighted by atomic mass is 10.1. The SMILES string of the molecule is Cc1ccccc1-c1nc2ccc(Br)cc2c(=O)n1Cc1cccnc1. The molecule has 4 aromatic rings. The molecule has 0 amide bonds. The van der Waals surface area contributed by atoms with Gasteiger partial charge in [0.2, 0.25) is 0 Å². The predicted molar refractivity (Wildman–Crippen MR) is 107 cm³/mol. The zero-order chi connectivity index (χ0) is 18.1. The van der Waals surface area contributed by atoms with Crippen LogP contribution in [-0.2, 0) is 6.54 Å². The second-order valence-corrected chi connectivity index (χ2v) is 7.08. The summed E-state index contributed by atoms with van der Waals surface area (Å²) in [6, 6.07) is 17.4. The maximum Gasteiger partial charge on any atom is 0.262 e. The maximum atomic E-state index is 13.3. The van der Waals surface area contributed by atoms with Gasteiger partial charge in [-0.05, 0) is 42.3 Å². The van der Waals surface area contributed by atoms with Gasteiger partial charge in [0.05, 0.1) is 17.4 Å². The molecule has 2 heterocycles. The van der Waals surface area contributed by atoms with E-state index >= 15 is 0 Å². The monoisotopic (exact) mass is 405 g/mol. The van der Waals surface area contributed by atoms with Crippen LogP contribution in [0.25, 0.3) is 22.3 Å². The fourth-order valence-corrected chi connectivity index (χ4v) is 3.40. The van der Waals surface area contributed by atoms with E-state index in [4.69, 9.17) is 4.98 Å². The first kappa shape index (κ1) is 16.7. The summed E-state index contributed by atoms with van der Waals surface area (Å²) in [6.07, 6.45) is 3.50. The number of hydrogen-bond acceptors (Lipinski definition) is 3. The van der Waals surface area contributed by atoms with Crippen molar-refractivity contribution in [3.05, 3.63) is 92.9 Å². The Kier molecular flexibility index (Phi) is 4.39. The topological polar surface area (TPSA) is 47.8 Å².